The summed E-state index contributed by atoms with van der Waals surface area (Å²) in [6.07, 6.45) is 6.87. The summed E-state index contributed by atoms with van der Waals surface area (Å²) >= 11 is 0. The second kappa shape index (κ2) is 5.29. The molecule has 0 radical (unpaired) electrons. The molecular formula is C22H32O4. The molecule has 4 rings (SSSR count). The lowest BCUT2D eigenvalue weighted by molar-refractivity contribution is -0.166. The molecule has 0 aromatic carbocycles. The van der Waals surface area contributed by atoms with Gasteiger partial charge in [-0.05, 0) is 87.2 Å². The van der Waals surface area contributed by atoms with E-state index in [-0.39, 0.29) is 28.8 Å². The highest BCUT2D eigenvalue weighted by molar-refractivity contribution is 5.92. The van der Waals surface area contributed by atoms with Crippen molar-refractivity contribution in [3.05, 3.63) is 11.6 Å². The van der Waals surface area contributed by atoms with Crippen LogP contribution in [0.5, 0.6) is 0 Å². The third-order valence-corrected chi connectivity index (χ3v) is 9.01. The van der Waals surface area contributed by atoms with Crippen LogP contribution in [0, 0.1) is 28.6 Å². The highest BCUT2D eigenvalue weighted by Gasteiger charge is 2.67. The molecule has 0 aromatic heterocycles. The van der Waals surface area contributed by atoms with Crippen LogP contribution < -0.4 is 0 Å². The molecule has 0 spiro atoms. The Labute approximate surface area is 156 Å². The molecule has 4 nitrogen and oxygen atoms in total. The molecule has 0 aliphatic heterocycles. The smallest absolute Gasteiger partial charge is 0.161 e. The Morgan fingerprint density at radius 2 is 1.73 bits per heavy atom. The van der Waals surface area contributed by atoms with E-state index in [0.717, 1.165) is 31.3 Å². The number of ketones is 2. The van der Waals surface area contributed by atoms with E-state index in [4.69, 9.17) is 0 Å². The third-order valence-electron chi connectivity index (χ3n) is 9.01. The van der Waals surface area contributed by atoms with E-state index in [0.29, 0.717) is 25.2 Å². The largest absolute Gasteiger partial charge is 0.386 e. The molecule has 0 saturated heterocycles. The van der Waals surface area contributed by atoms with Gasteiger partial charge in [-0.2, -0.15) is 0 Å². The number of hydrogen-bond acceptors (Lipinski definition) is 4. The third kappa shape index (κ3) is 2.09. The molecule has 0 aromatic rings. The molecule has 3 unspecified atom stereocenters. The predicted octanol–water partition coefficient (Wildman–Crippen LogP) is 3.20. The average molecular weight is 360 g/mol. The van der Waals surface area contributed by atoms with Crippen molar-refractivity contribution in [3.63, 3.8) is 0 Å². The number of Topliss-reactive ketones (excluding diaryl/α,β-unsaturated/α-hetero) is 1. The van der Waals surface area contributed by atoms with E-state index in [9.17, 15) is 19.8 Å². The molecule has 144 valence electrons. The van der Waals surface area contributed by atoms with Gasteiger partial charge in [0.15, 0.2) is 11.6 Å². The van der Waals surface area contributed by atoms with Gasteiger partial charge in [0.25, 0.3) is 0 Å². The van der Waals surface area contributed by atoms with E-state index in [2.05, 4.69) is 13.8 Å². The second-order valence-electron chi connectivity index (χ2n) is 10.2. The summed E-state index contributed by atoms with van der Waals surface area (Å²) in [5.74, 6) is 0.960. The fourth-order valence-corrected chi connectivity index (χ4v) is 7.60. The number of aliphatic hydroxyl groups is 2. The van der Waals surface area contributed by atoms with Crippen molar-refractivity contribution in [1.82, 2.24) is 0 Å². The molecular weight excluding hydrogens is 328 g/mol. The maximum atomic E-state index is 12.3. The van der Waals surface area contributed by atoms with Crippen molar-refractivity contribution >= 4 is 11.6 Å². The molecule has 26 heavy (non-hydrogen) atoms. The number of rotatable bonds is 1. The van der Waals surface area contributed by atoms with Gasteiger partial charge in [-0.1, -0.05) is 13.8 Å². The van der Waals surface area contributed by atoms with Crippen LogP contribution >= 0.6 is 0 Å². The van der Waals surface area contributed by atoms with Crippen LogP contribution in [0.4, 0.5) is 0 Å². The Morgan fingerprint density at radius 1 is 1.08 bits per heavy atom. The number of carbonyl (C=O) groups is 2. The molecule has 0 bridgehead atoms. The first-order chi connectivity index (χ1) is 12.0. The van der Waals surface area contributed by atoms with Gasteiger partial charge < -0.3 is 10.2 Å². The van der Waals surface area contributed by atoms with Crippen molar-refractivity contribution in [2.45, 2.75) is 83.8 Å². The normalized spacial score (nSPS) is 53.4. The fourth-order valence-electron chi connectivity index (χ4n) is 7.60. The van der Waals surface area contributed by atoms with Crippen LogP contribution in [-0.4, -0.2) is 33.0 Å². The molecule has 0 heterocycles. The Kier molecular flexibility index (Phi) is 3.74. The average Bonchev–Trinajstić information content (AvgIpc) is 2.82. The number of fused-ring (bicyclic) bond motifs is 5. The molecule has 3 fully saturated rings. The Bertz CT molecular complexity index is 707. The summed E-state index contributed by atoms with van der Waals surface area (Å²) in [6.45, 7) is 7.69. The highest BCUT2D eigenvalue weighted by atomic mass is 16.3. The zero-order valence-electron chi connectivity index (χ0n) is 16.5. The monoisotopic (exact) mass is 360 g/mol. The van der Waals surface area contributed by atoms with Gasteiger partial charge in [0.05, 0.1) is 5.60 Å². The van der Waals surface area contributed by atoms with Gasteiger partial charge in [0.1, 0.15) is 5.60 Å². The first-order valence-corrected chi connectivity index (χ1v) is 10.2. The first-order valence-electron chi connectivity index (χ1n) is 10.2. The van der Waals surface area contributed by atoms with Gasteiger partial charge >= 0.3 is 0 Å². The minimum absolute atomic E-state index is 0.112. The van der Waals surface area contributed by atoms with E-state index in [1.165, 1.54) is 6.92 Å². The second-order valence-corrected chi connectivity index (χ2v) is 10.2. The van der Waals surface area contributed by atoms with Crippen molar-refractivity contribution in [2.75, 3.05) is 0 Å². The molecule has 4 aliphatic rings. The summed E-state index contributed by atoms with van der Waals surface area (Å²) in [6, 6.07) is 0. The lowest BCUT2D eigenvalue weighted by Crippen LogP contribution is -2.60. The Balaban J connectivity index is 1.78. The predicted molar refractivity (Wildman–Crippen MR) is 98.3 cm³/mol. The quantitative estimate of drug-likeness (QED) is 0.753. The van der Waals surface area contributed by atoms with Gasteiger partial charge in [0, 0.05) is 11.8 Å². The van der Waals surface area contributed by atoms with Crippen LogP contribution in [-0.2, 0) is 9.59 Å². The van der Waals surface area contributed by atoms with E-state index >= 15 is 0 Å². The zero-order chi connectivity index (χ0) is 19.1. The van der Waals surface area contributed by atoms with Gasteiger partial charge in [0.2, 0.25) is 0 Å². The molecule has 3 saturated carbocycles. The molecule has 4 heteroatoms. The van der Waals surface area contributed by atoms with Crippen molar-refractivity contribution in [2.24, 2.45) is 28.6 Å². The van der Waals surface area contributed by atoms with Gasteiger partial charge in [-0.15, -0.1) is 0 Å². The SMILES string of the molecule is CC(=O)[C@@]1(O)CCC2C3C[C@@](C)(O)C4=CC(=O)CC[C@]4(C)C3CC[C@@]21C. The van der Waals surface area contributed by atoms with Crippen molar-refractivity contribution in [3.8, 4) is 0 Å². The Hall–Kier alpha value is -1.00. The van der Waals surface area contributed by atoms with E-state index in [1.807, 2.05) is 6.92 Å². The summed E-state index contributed by atoms with van der Waals surface area (Å²) in [5, 5.41) is 22.5. The lowest BCUT2D eigenvalue weighted by atomic mass is 9.44. The number of hydrogen-bond donors (Lipinski definition) is 2. The van der Waals surface area contributed by atoms with Crippen LogP contribution in [0.3, 0.4) is 0 Å². The molecule has 7 atom stereocenters. The first kappa shape index (κ1) is 18.4. The van der Waals surface area contributed by atoms with E-state index in [1.54, 1.807) is 6.08 Å². The van der Waals surface area contributed by atoms with Crippen LogP contribution in [0.25, 0.3) is 0 Å². The molecule has 4 aliphatic carbocycles. The summed E-state index contributed by atoms with van der Waals surface area (Å²) < 4.78 is 0. The molecule has 2 N–H and O–H groups in total. The van der Waals surface area contributed by atoms with Gasteiger partial charge in [-0.25, -0.2) is 0 Å². The lowest BCUT2D eigenvalue weighted by Gasteiger charge is -2.61. The fraction of sp³-hybridized carbons (Fsp3) is 0.818. The topological polar surface area (TPSA) is 74.6 Å². The Morgan fingerprint density at radius 3 is 2.38 bits per heavy atom. The molecule has 0 amide bonds. The van der Waals surface area contributed by atoms with Crippen LogP contribution in [0.2, 0.25) is 0 Å². The summed E-state index contributed by atoms with van der Waals surface area (Å²) in [7, 11) is 0. The summed E-state index contributed by atoms with van der Waals surface area (Å²) in [5.41, 5.74) is -1.85. The van der Waals surface area contributed by atoms with Crippen LogP contribution in [0.1, 0.15) is 72.6 Å². The number of carbonyl (C=O) groups excluding carboxylic acids is 2. The maximum Gasteiger partial charge on any atom is 0.161 e. The minimum Gasteiger partial charge on any atom is -0.386 e. The zero-order valence-corrected chi connectivity index (χ0v) is 16.5. The van der Waals surface area contributed by atoms with Crippen molar-refractivity contribution in [1.29, 1.82) is 0 Å². The van der Waals surface area contributed by atoms with Crippen molar-refractivity contribution < 1.29 is 19.8 Å². The standard InChI is InChI=1S/C22H32O4/c1-13(23)22(26)10-7-17-15-12-21(4,25)18-11-14(24)5-8-19(18,2)16(15)6-9-20(17,22)3/h11,15-17,25-26H,5-10,12H2,1-4H3/t15?,16?,17?,19-,20+,21-,22+/m1/s1. The highest BCUT2D eigenvalue weighted by Crippen LogP contribution is 2.68. The summed E-state index contributed by atoms with van der Waals surface area (Å²) in [4.78, 5) is 24.3. The van der Waals surface area contributed by atoms with Crippen LogP contribution in [0.15, 0.2) is 11.6 Å². The maximum absolute atomic E-state index is 12.3. The van der Waals surface area contributed by atoms with E-state index < -0.39 is 16.6 Å². The van der Waals surface area contributed by atoms with Gasteiger partial charge in [-0.3, -0.25) is 9.59 Å². The minimum atomic E-state index is -1.23.